The number of anilines is 1. The summed E-state index contributed by atoms with van der Waals surface area (Å²) in [5, 5.41) is 0.922. The Balaban J connectivity index is 2.33. The van der Waals surface area contributed by atoms with Crippen molar-refractivity contribution >= 4 is 39.3 Å². The first-order valence-electron chi connectivity index (χ1n) is 5.35. The van der Waals surface area contributed by atoms with E-state index in [-0.39, 0.29) is 0 Å². The molecule has 18 heavy (non-hydrogen) atoms. The van der Waals surface area contributed by atoms with E-state index in [4.69, 9.17) is 5.73 Å². The molecule has 0 saturated carbocycles. The maximum atomic E-state index is 9.20. The van der Waals surface area contributed by atoms with Crippen LogP contribution in [0.5, 0.6) is 0 Å². The first-order chi connectivity index (χ1) is 8.81. The van der Waals surface area contributed by atoms with E-state index in [0.29, 0.717) is 21.9 Å². The quantitative estimate of drug-likeness (QED) is 0.690. The van der Waals surface area contributed by atoms with Gasteiger partial charge in [-0.3, -0.25) is 0 Å². The topological polar surface area (TPSA) is 59.1 Å². The average molecular weight is 274 g/mol. The molecular formula is C13H10N2OS2. The van der Waals surface area contributed by atoms with Gasteiger partial charge in [0.05, 0.1) is 5.69 Å². The molecule has 2 heterocycles. The third-order valence-electron chi connectivity index (χ3n) is 2.76. The Morgan fingerprint density at radius 2 is 1.94 bits per heavy atom. The van der Waals surface area contributed by atoms with Crippen molar-refractivity contribution in [3.05, 3.63) is 42.6 Å². The molecule has 0 spiro atoms. The van der Waals surface area contributed by atoms with Gasteiger partial charge in [-0.15, -0.1) is 11.3 Å². The molecule has 3 N–H and O–H groups in total. The third-order valence-corrected chi connectivity index (χ3v) is 4.53. The lowest BCUT2D eigenvalue weighted by Crippen LogP contribution is -1.87. The number of thiophene rings is 1. The van der Waals surface area contributed by atoms with Crippen molar-refractivity contribution in [3.63, 3.8) is 0 Å². The van der Waals surface area contributed by atoms with Gasteiger partial charge in [0.2, 0.25) is 0 Å². The molecule has 3 rings (SSSR count). The Labute approximate surface area is 112 Å². The zero-order valence-electron chi connectivity index (χ0n) is 9.33. The summed E-state index contributed by atoms with van der Waals surface area (Å²) in [7, 11) is 0. The molecule has 0 aliphatic rings. The smallest absolute Gasteiger partial charge is 0.127 e. The number of rotatable bonds is 2. The summed E-state index contributed by atoms with van der Waals surface area (Å²) in [5.41, 5.74) is 8.83. The van der Waals surface area contributed by atoms with Crippen LogP contribution in [-0.4, -0.2) is 9.54 Å². The van der Waals surface area contributed by atoms with Crippen LogP contribution in [0.1, 0.15) is 0 Å². The summed E-state index contributed by atoms with van der Waals surface area (Å²) >= 11 is 2.09. The van der Waals surface area contributed by atoms with Crippen molar-refractivity contribution in [3.8, 4) is 11.1 Å². The SMILES string of the molecule is Nc1c(SO)sc2nccc(-c3ccccc3)c12. The minimum Gasteiger partial charge on any atom is -0.396 e. The van der Waals surface area contributed by atoms with Crippen molar-refractivity contribution in [2.75, 3.05) is 5.73 Å². The zero-order chi connectivity index (χ0) is 12.5. The predicted molar refractivity (Wildman–Crippen MR) is 78.0 cm³/mol. The molecule has 2 aromatic heterocycles. The van der Waals surface area contributed by atoms with Gasteiger partial charge >= 0.3 is 0 Å². The normalized spacial score (nSPS) is 10.9. The van der Waals surface area contributed by atoms with Crippen LogP contribution in [0, 0.1) is 0 Å². The highest BCUT2D eigenvalue weighted by Crippen LogP contribution is 2.42. The number of nitrogens with two attached hydrogens (primary N) is 1. The van der Waals surface area contributed by atoms with E-state index < -0.39 is 0 Å². The molecule has 0 aliphatic carbocycles. The summed E-state index contributed by atoms with van der Waals surface area (Å²) in [4.78, 5) is 5.16. The zero-order valence-corrected chi connectivity index (χ0v) is 11.0. The molecule has 3 aromatic rings. The second kappa shape index (κ2) is 4.61. The summed E-state index contributed by atoms with van der Waals surface area (Å²) < 4.78 is 9.90. The maximum absolute atomic E-state index is 9.20. The van der Waals surface area contributed by atoms with E-state index in [1.807, 2.05) is 36.4 Å². The number of nitrogen functional groups attached to an aromatic ring is 1. The van der Waals surface area contributed by atoms with E-state index in [1.54, 1.807) is 6.20 Å². The molecule has 0 radical (unpaired) electrons. The van der Waals surface area contributed by atoms with Gasteiger partial charge in [-0.05, 0) is 17.2 Å². The van der Waals surface area contributed by atoms with E-state index >= 15 is 0 Å². The van der Waals surface area contributed by atoms with E-state index in [9.17, 15) is 4.55 Å². The number of nitrogens with zero attached hydrogens (tertiary/aromatic N) is 1. The minimum atomic E-state index is 0.606. The third kappa shape index (κ3) is 1.77. The molecule has 0 unspecified atom stereocenters. The average Bonchev–Trinajstić information content (AvgIpc) is 2.76. The van der Waals surface area contributed by atoms with Crippen LogP contribution in [0.4, 0.5) is 5.69 Å². The number of aromatic nitrogens is 1. The fourth-order valence-corrected chi connectivity index (χ4v) is 3.36. The second-order valence-corrected chi connectivity index (χ2v) is 5.65. The number of hydrogen-bond donors (Lipinski definition) is 2. The van der Waals surface area contributed by atoms with Crippen LogP contribution in [0.2, 0.25) is 0 Å². The van der Waals surface area contributed by atoms with E-state index in [0.717, 1.165) is 21.3 Å². The maximum Gasteiger partial charge on any atom is 0.127 e. The van der Waals surface area contributed by atoms with Crippen LogP contribution >= 0.6 is 23.4 Å². The molecule has 0 bridgehead atoms. The fraction of sp³-hybridized carbons (Fsp3) is 0. The van der Waals surface area contributed by atoms with Crippen LogP contribution in [0.25, 0.3) is 21.3 Å². The van der Waals surface area contributed by atoms with Crippen LogP contribution < -0.4 is 5.73 Å². The van der Waals surface area contributed by atoms with Crippen LogP contribution in [0.3, 0.4) is 0 Å². The molecule has 5 heteroatoms. The summed E-state index contributed by atoms with van der Waals surface area (Å²) in [6.45, 7) is 0. The van der Waals surface area contributed by atoms with E-state index in [1.165, 1.54) is 11.3 Å². The Hall–Kier alpha value is -1.56. The lowest BCUT2D eigenvalue weighted by Gasteiger charge is -2.04. The van der Waals surface area contributed by atoms with Crippen molar-refractivity contribution in [2.24, 2.45) is 0 Å². The predicted octanol–water partition coefficient (Wildman–Crippen LogP) is 4.11. The molecule has 3 nitrogen and oxygen atoms in total. The van der Waals surface area contributed by atoms with Crippen molar-refractivity contribution in [2.45, 2.75) is 4.21 Å². The molecule has 1 aromatic carbocycles. The molecule has 0 atom stereocenters. The van der Waals surface area contributed by atoms with Crippen molar-refractivity contribution in [1.82, 2.24) is 4.98 Å². The fourth-order valence-electron chi connectivity index (χ4n) is 1.95. The number of pyridine rings is 1. The first kappa shape index (κ1) is 11.5. The summed E-state index contributed by atoms with van der Waals surface area (Å²) in [5.74, 6) is 0. The Morgan fingerprint density at radius 1 is 1.17 bits per heavy atom. The number of fused-ring (bicyclic) bond motifs is 1. The van der Waals surface area contributed by atoms with Crippen LogP contribution in [-0.2, 0) is 0 Å². The monoisotopic (exact) mass is 274 g/mol. The molecular weight excluding hydrogens is 264 g/mol. The van der Waals surface area contributed by atoms with Crippen LogP contribution in [0.15, 0.2) is 46.8 Å². The van der Waals surface area contributed by atoms with Gasteiger partial charge in [0.25, 0.3) is 0 Å². The Kier molecular flexibility index (Phi) is 2.95. The highest BCUT2D eigenvalue weighted by atomic mass is 32.2. The Morgan fingerprint density at radius 3 is 2.67 bits per heavy atom. The molecule has 0 saturated heterocycles. The van der Waals surface area contributed by atoms with Crippen molar-refractivity contribution in [1.29, 1.82) is 0 Å². The Bertz CT molecular complexity index is 695. The van der Waals surface area contributed by atoms with Crippen molar-refractivity contribution < 1.29 is 4.55 Å². The van der Waals surface area contributed by atoms with Gasteiger partial charge in [0, 0.05) is 23.6 Å². The first-order valence-corrected chi connectivity index (χ1v) is 6.94. The lowest BCUT2D eigenvalue weighted by molar-refractivity contribution is 0.666. The van der Waals surface area contributed by atoms with Gasteiger partial charge in [-0.25, -0.2) is 4.98 Å². The van der Waals surface area contributed by atoms with Gasteiger partial charge in [-0.1, -0.05) is 30.3 Å². The summed E-state index contributed by atoms with van der Waals surface area (Å²) in [6.07, 6.45) is 1.77. The molecule has 0 fully saturated rings. The van der Waals surface area contributed by atoms with Gasteiger partial charge in [0.1, 0.15) is 9.04 Å². The highest BCUT2D eigenvalue weighted by molar-refractivity contribution is 7.96. The van der Waals surface area contributed by atoms with Gasteiger partial charge in [0.15, 0.2) is 0 Å². The number of benzene rings is 1. The largest absolute Gasteiger partial charge is 0.396 e. The number of hydrogen-bond acceptors (Lipinski definition) is 5. The molecule has 0 aliphatic heterocycles. The van der Waals surface area contributed by atoms with Gasteiger partial charge in [-0.2, -0.15) is 0 Å². The highest BCUT2D eigenvalue weighted by Gasteiger charge is 2.14. The second-order valence-electron chi connectivity index (χ2n) is 3.80. The summed E-state index contributed by atoms with van der Waals surface area (Å²) in [6, 6.07) is 12.0. The molecule has 90 valence electrons. The van der Waals surface area contributed by atoms with E-state index in [2.05, 4.69) is 4.98 Å². The standard InChI is InChI=1S/C13H10N2OS2/c14-11-10-9(8-4-2-1-3-5-8)6-7-15-12(10)17-13(11)18-16/h1-7,16H,14H2. The minimum absolute atomic E-state index is 0.606. The molecule has 0 amide bonds. The lowest BCUT2D eigenvalue weighted by atomic mass is 10.0. The van der Waals surface area contributed by atoms with Gasteiger partial charge < -0.3 is 10.3 Å².